The molecule has 4 heterocycles. The van der Waals surface area contributed by atoms with Gasteiger partial charge in [0.2, 0.25) is 5.69 Å². The second-order valence-electron chi connectivity index (χ2n) is 8.21. The summed E-state index contributed by atoms with van der Waals surface area (Å²) in [4.78, 5) is 29.5. The van der Waals surface area contributed by atoms with E-state index >= 15 is 0 Å². The molecule has 1 aliphatic heterocycles. The maximum atomic E-state index is 13.6. The molecule has 0 aromatic carbocycles. The largest absolute Gasteiger partial charge is 0.542 e. The summed E-state index contributed by atoms with van der Waals surface area (Å²) in [7, 11) is 0. The molecule has 4 N–H and O–H groups in total. The van der Waals surface area contributed by atoms with E-state index in [1.165, 1.54) is 24.4 Å². The van der Waals surface area contributed by atoms with Gasteiger partial charge in [0.15, 0.2) is 18.1 Å². The fraction of sp³-hybridized carbons (Fsp3) is 0.364. The Labute approximate surface area is 205 Å². The van der Waals surface area contributed by atoms with Gasteiger partial charge >= 0.3 is 18.2 Å². The molecule has 3 aromatic heterocycles. The molecule has 15 heteroatoms. The van der Waals surface area contributed by atoms with E-state index in [9.17, 15) is 36.2 Å². The highest BCUT2D eigenvalue weighted by Crippen LogP contribution is 2.31. The second kappa shape index (κ2) is 11.1. The number of likely N-dealkylation sites (tertiary alicyclic amines) is 1. The van der Waals surface area contributed by atoms with Gasteiger partial charge in [-0.25, -0.2) is 4.98 Å². The van der Waals surface area contributed by atoms with Crippen LogP contribution in [0.15, 0.2) is 48.8 Å². The number of alkyl halides is 6. The Morgan fingerprint density at radius 3 is 2.41 bits per heavy atom. The van der Waals surface area contributed by atoms with Crippen LogP contribution in [-0.2, 0) is 11.3 Å². The first kappa shape index (κ1) is 27.9. The molecule has 3 atom stereocenters. The molecule has 1 fully saturated rings. The number of rotatable bonds is 5. The van der Waals surface area contributed by atoms with Crippen molar-refractivity contribution in [1.29, 1.82) is 0 Å². The van der Waals surface area contributed by atoms with Crippen LogP contribution in [0.25, 0.3) is 5.52 Å². The fourth-order valence-electron chi connectivity index (χ4n) is 3.83. The van der Waals surface area contributed by atoms with Gasteiger partial charge in [-0.05, 0) is 24.3 Å². The predicted molar refractivity (Wildman–Crippen MR) is 111 cm³/mol. The molecule has 1 amide bonds. The average Bonchev–Trinajstić information content (AvgIpc) is 3.40. The van der Waals surface area contributed by atoms with E-state index in [2.05, 4.69) is 15.3 Å². The van der Waals surface area contributed by atoms with E-state index in [1.54, 1.807) is 28.8 Å². The molecule has 0 spiro atoms. The third kappa shape index (κ3) is 7.16. The number of aromatic amines is 1. The molecule has 0 bridgehead atoms. The van der Waals surface area contributed by atoms with Crippen LogP contribution in [0.1, 0.15) is 34.5 Å². The number of pyridine rings is 2. The van der Waals surface area contributed by atoms with Crippen molar-refractivity contribution in [2.75, 3.05) is 13.1 Å². The normalized spacial score (nSPS) is 18.7. The number of nitrogens with zero attached hydrogens (tertiary/aromatic N) is 2. The summed E-state index contributed by atoms with van der Waals surface area (Å²) >= 11 is 0. The van der Waals surface area contributed by atoms with Gasteiger partial charge in [0.25, 0.3) is 5.91 Å². The van der Waals surface area contributed by atoms with E-state index in [1.807, 2.05) is 0 Å². The minimum absolute atomic E-state index is 0.0509. The molecule has 0 radical (unpaired) electrons. The second-order valence-corrected chi connectivity index (χ2v) is 8.21. The number of H-pyrrole nitrogens is 1. The molecule has 0 saturated carbocycles. The van der Waals surface area contributed by atoms with E-state index in [4.69, 9.17) is 9.90 Å². The Morgan fingerprint density at radius 2 is 1.86 bits per heavy atom. The first-order chi connectivity index (χ1) is 17.3. The van der Waals surface area contributed by atoms with Gasteiger partial charge in [-0.15, -0.1) is 0 Å². The number of carboxylic acids is 1. The first-order valence-electron chi connectivity index (χ1n) is 10.9. The molecule has 4 rings (SSSR count). The van der Waals surface area contributed by atoms with Gasteiger partial charge in [-0.1, -0.05) is 12.1 Å². The zero-order valence-corrected chi connectivity index (χ0v) is 18.9. The van der Waals surface area contributed by atoms with Crippen LogP contribution in [0.2, 0.25) is 0 Å². The van der Waals surface area contributed by atoms with Crippen LogP contribution in [0, 0.1) is 0 Å². The lowest BCUT2D eigenvalue weighted by Crippen LogP contribution is -3.09. The third-order valence-electron chi connectivity index (χ3n) is 5.49. The molecule has 3 unspecified atom stereocenters. The van der Waals surface area contributed by atoms with Gasteiger partial charge in [-0.3, -0.25) is 9.78 Å². The van der Waals surface area contributed by atoms with Crippen molar-refractivity contribution in [3.8, 4) is 0 Å². The van der Waals surface area contributed by atoms with Crippen molar-refractivity contribution < 1.29 is 55.4 Å². The van der Waals surface area contributed by atoms with E-state index in [0.29, 0.717) is 30.9 Å². The Morgan fingerprint density at radius 1 is 1.19 bits per heavy atom. The van der Waals surface area contributed by atoms with E-state index in [0.717, 1.165) is 11.4 Å². The topological polar surface area (TPSA) is 127 Å². The number of aliphatic hydroxyl groups excluding tert-OH is 1. The monoisotopic (exact) mass is 534 g/mol. The fourth-order valence-corrected chi connectivity index (χ4v) is 3.83. The first-order valence-corrected chi connectivity index (χ1v) is 10.9. The highest BCUT2D eigenvalue weighted by Gasteiger charge is 2.44. The van der Waals surface area contributed by atoms with Gasteiger partial charge in [-0.2, -0.15) is 30.7 Å². The summed E-state index contributed by atoms with van der Waals surface area (Å²) in [6.45, 7) is 1.89. The summed E-state index contributed by atoms with van der Waals surface area (Å²) in [5.41, 5.74) is 0.249. The Hall–Kier alpha value is -3.72. The minimum Gasteiger partial charge on any atom is -0.542 e. The van der Waals surface area contributed by atoms with E-state index in [-0.39, 0.29) is 17.5 Å². The zero-order valence-electron chi connectivity index (χ0n) is 18.9. The number of hydrogen-bond acceptors (Lipinski definition) is 5. The number of aliphatic hydroxyl groups is 1. The van der Waals surface area contributed by atoms with Crippen LogP contribution in [0.5, 0.6) is 0 Å². The summed E-state index contributed by atoms with van der Waals surface area (Å²) in [5.74, 6) is -3.19. The third-order valence-corrected chi connectivity index (χ3v) is 5.49. The lowest BCUT2D eigenvalue weighted by atomic mass is 10.1. The number of fused-ring (bicyclic) bond motifs is 1. The van der Waals surface area contributed by atoms with Crippen molar-refractivity contribution >= 4 is 17.4 Å². The molecular formula is C22H22F6N5O4+. The quantitative estimate of drug-likeness (QED) is 0.263. The average molecular weight is 534 g/mol. The molecule has 37 heavy (non-hydrogen) atoms. The van der Waals surface area contributed by atoms with Gasteiger partial charge in [0.05, 0.1) is 18.4 Å². The van der Waals surface area contributed by atoms with Crippen molar-refractivity contribution in [2.45, 2.75) is 37.5 Å². The Balaban J connectivity index is 0.000000479. The number of halogens is 6. The standard InChI is InChI=1S/C20H20F3N5O2.C2HF3O2/c21-20(22,23)18(14-5-1-3-8-24-14)26-19(30)17-15-6-2-4-9-28(15)16(25-17)12-27-10-7-13(29)11-27;3-2(4,5)1(6)7/h1-6,8-9,13,18,29H,7,10-12H2,(H,26,30);(H,6,7)/p+1. The Kier molecular flexibility index (Phi) is 8.38. The van der Waals surface area contributed by atoms with Gasteiger partial charge < -0.3 is 25.2 Å². The number of imidazole rings is 1. The van der Waals surface area contributed by atoms with Crippen LogP contribution < -0.4 is 19.7 Å². The van der Waals surface area contributed by atoms with Gasteiger partial charge in [0, 0.05) is 12.6 Å². The highest BCUT2D eigenvalue weighted by molar-refractivity contribution is 5.98. The maximum absolute atomic E-state index is 13.6. The van der Waals surface area contributed by atoms with Crippen LogP contribution >= 0.6 is 0 Å². The Bertz CT molecular complexity index is 1230. The SMILES string of the molecule is O=C(NC(c1ccccn1)C(F)(F)F)c1[nH]c(C[NH+]2CCC(O)C2)[n+]2ccccc12.O=C([O-])C(F)(F)F. The number of aromatic nitrogens is 3. The summed E-state index contributed by atoms with van der Waals surface area (Å²) in [6.07, 6.45) is -6.54. The van der Waals surface area contributed by atoms with Crippen molar-refractivity contribution in [1.82, 2.24) is 15.3 Å². The molecule has 3 aromatic rings. The summed E-state index contributed by atoms with van der Waals surface area (Å²) in [6, 6.07) is 7.14. The van der Waals surface area contributed by atoms with Crippen LogP contribution in [0.3, 0.4) is 0 Å². The number of nitrogens with one attached hydrogen (secondary N) is 3. The zero-order chi connectivity index (χ0) is 27.4. The lowest BCUT2D eigenvalue weighted by molar-refractivity contribution is -0.908. The van der Waals surface area contributed by atoms with Crippen molar-refractivity contribution in [3.63, 3.8) is 0 Å². The van der Waals surface area contributed by atoms with Gasteiger partial charge in [0.1, 0.15) is 18.6 Å². The van der Waals surface area contributed by atoms with Crippen LogP contribution in [0.4, 0.5) is 26.3 Å². The number of aliphatic carboxylic acids is 1. The molecule has 200 valence electrons. The summed E-state index contributed by atoms with van der Waals surface area (Å²) < 4.78 is 74.1. The number of quaternary nitrogens is 1. The number of amides is 1. The van der Waals surface area contributed by atoms with Crippen LogP contribution in [-0.4, -0.2) is 58.5 Å². The predicted octanol–water partition coefficient (Wildman–Crippen LogP) is -0.370. The number of carboxylic acid groups (broad SMARTS) is 1. The minimum atomic E-state index is -5.19. The number of hydrogen-bond donors (Lipinski definition) is 4. The summed E-state index contributed by atoms with van der Waals surface area (Å²) in [5, 5.41) is 20.6. The molecular weight excluding hydrogens is 512 g/mol. The molecule has 1 saturated heterocycles. The van der Waals surface area contributed by atoms with Crippen molar-refractivity contribution in [3.05, 3.63) is 66.0 Å². The molecule has 9 nitrogen and oxygen atoms in total. The van der Waals surface area contributed by atoms with E-state index < -0.39 is 30.3 Å². The molecule has 0 aliphatic carbocycles. The molecule has 1 aliphatic rings. The highest BCUT2D eigenvalue weighted by atomic mass is 19.4. The number of carbonyl (C=O) groups excluding carboxylic acids is 2. The number of carbonyl (C=O) groups is 2. The van der Waals surface area contributed by atoms with Crippen molar-refractivity contribution in [2.24, 2.45) is 0 Å². The lowest BCUT2D eigenvalue weighted by Gasteiger charge is -2.20. The smallest absolute Gasteiger partial charge is 0.430 e. The maximum Gasteiger partial charge on any atom is 0.430 e.